The van der Waals surface area contributed by atoms with Gasteiger partial charge in [-0.05, 0) is 49.2 Å². The van der Waals surface area contributed by atoms with Gasteiger partial charge in [0.1, 0.15) is 0 Å². The van der Waals surface area contributed by atoms with Crippen LogP contribution in [0.2, 0.25) is 0 Å². The number of hydrogen-bond donors (Lipinski definition) is 2. The number of nitrogens with one attached hydrogen (secondary N) is 2. The standard InChI is InChI=1S/C33H30F3N5OS/c1-22-15-17-26(18-16-22)41-30(39-40-32(41)43-21-25-12-8-9-23(2)19-25)29(20-24-10-4-3-5-11-24)38-31(42)37-28-14-7-6-13-27(28)33(34,35)36/h3-19,29H,20-21H2,1-2H3,(H2,37,38,42). The minimum atomic E-state index is -4.62. The third kappa shape index (κ3) is 7.64. The number of alkyl halides is 3. The molecule has 0 aliphatic rings. The molecule has 0 saturated heterocycles. The molecule has 0 radical (unpaired) electrons. The van der Waals surface area contributed by atoms with E-state index in [1.807, 2.05) is 85.1 Å². The molecule has 1 unspecified atom stereocenters. The van der Waals surface area contributed by atoms with Crippen LogP contribution in [-0.4, -0.2) is 20.8 Å². The first-order chi connectivity index (χ1) is 20.7. The second-order valence-electron chi connectivity index (χ2n) is 10.2. The van der Waals surface area contributed by atoms with E-state index in [0.717, 1.165) is 34.0 Å². The number of urea groups is 1. The minimum Gasteiger partial charge on any atom is -0.327 e. The molecule has 10 heteroatoms. The highest BCUT2D eigenvalue weighted by atomic mass is 32.2. The van der Waals surface area contributed by atoms with E-state index >= 15 is 0 Å². The van der Waals surface area contributed by atoms with Gasteiger partial charge >= 0.3 is 12.2 Å². The average molecular weight is 602 g/mol. The van der Waals surface area contributed by atoms with Crippen molar-refractivity contribution in [1.29, 1.82) is 0 Å². The number of carbonyl (C=O) groups excluding carboxylic acids is 1. The van der Waals surface area contributed by atoms with Gasteiger partial charge in [0.05, 0.1) is 17.3 Å². The second kappa shape index (κ2) is 13.2. The van der Waals surface area contributed by atoms with Gasteiger partial charge in [0.2, 0.25) is 0 Å². The Kier molecular flexibility index (Phi) is 9.16. The summed E-state index contributed by atoms with van der Waals surface area (Å²) in [5.74, 6) is 1.11. The lowest BCUT2D eigenvalue weighted by atomic mass is 10.1. The Bertz CT molecular complexity index is 1690. The van der Waals surface area contributed by atoms with Crippen molar-refractivity contribution in [2.75, 3.05) is 5.32 Å². The van der Waals surface area contributed by atoms with Crippen LogP contribution in [0.1, 0.15) is 39.7 Å². The zero-order valence-electron chi connectivity index (χ0n) is 23.6. The molecule has 5 rings (SSSR count). The van der Waals surface area contributed by atoms with Gasteiger partial charge in [0.15, 0.2) is 11.0 Å². The number of halogens is 3. The number of anilines is 1. The molecular weight excluding hydrogens is 571 g/mol. The number of thioether (sulfide) groups is 1. The molecule has 43 heavy (non-hydrogen) atoms. The molecule has 1 atom stereocenters. The fourth-order valence-corrected chi connectivity index (χ4v) is 5.60. The van der Waals surface area contributed by atoms with Gasteiger partial charge in [-0.2, -0.15) is 13.2 Å². The van der Waals surface area contributed by atoms with E-state index in [1.54, 1.807) is 0 Å². The van der Waals surface area contributed by atoms with E-state index < -0.39 is 23.8 Å². The Morgan fingerprint density at radius 1 is 0.837 bits per heavy atom. The van der Waals surface area contributed by atoms with Crippen molar-refractivity contribution in [3.8, 4) is 5.69 Å². The number of nitrogens with zero attached hydrogens (tertiary/aromatic N) is 3. The van der Waals surface area contributed by atoms with Crippen molar-refractivity contribution in [3.05, 3.63) is 137 Å². The number of para-hydroxylation sites is 1. The maximum absolute atomic E-state index is 13.6. The molecule has 5 aromatic rings. The Balaban J connectivity index is 1.50. The number of aromatic nitrogens is 3. The summed E-state index contributed by atoms with van der Waals surface area (Å²) in [5.41, 5.74) is 3.82. The van der Waals surface area contributed by atoms with E-state index in [1.165, 1.54) is 30.0 Å². The maximum atomic E-state index is 13.6. The van der Waals surface area contributed by atoms with E-state index in [9.17, 15) is 18.0 Å². The van der Waals surface area contributed by atoms with Crippen molar-refractivity contribution in [1.82, 2.24) is 20.1 Å². The van der Waals surface area contributed by atoms with Crippen LogP contribution < -0.4 is 10.6 Å². The molecule has 0 aliphatic carbocycles. The van der Waals surface area contributed by atoms with Gasteiger partial charge in [-0.25, -0.2) is 4.79 Å². The fraction of sp³-hybridized carbons (Fsp3) is 0.182. The zero-order chi connectivity index (χ0) is 30.4. The Morgan fingerprint density at radius 2 is 1.53 bits per heavy atom. The number of aryl methyl sites for hydroxylation is 2. The van der Waals surface area contributed by atoms with Crippen molar-refractivity contribution in [2.24, 2.45) is 0 Å². The molecule has 2 amide bonds. The van der Waals surface area contributed by atoms with Crippen molar-refractivity contribution in [2.45, 2.75) is 43.4 Å². The Morgan fingerprint density at radius 3 is 2.26 bits per heavy atom. The fourth-order valence-electron chi connectivity index (χ4n) is 4.70. The molecule has 1 heterocycles. The predicted molar refractivity (Wildman–Crippen MR) is 163 cm³/mol. The van der Waals surface area contributed by atoms with Gasteiger partial charge in [0.25, 0.3) is 0 Å². The summed E-state index contributed by atoms with van der Waals surface area (Å²) < 4.78 is 42.7. The van der Waals surface area contributed by atoms with Crippen molar-refractivity contribution >= 4 is 23.5 Å². The number of hydrogen-bond acceptors (Lipinski definition) is 4. The van der Waals surface area contributed by atoms with Gasteiger partial charge in [0, 0.05) is 17.9 Å². The summed E-state index contributed by atoms with van der Waals surface area (Å²) in [4.78, 5) is 13.3. The molecule has 0 fully saturated rings. The normalized spacial score (nSPS) is 12.1. The highest BCUT2D eigenvalue weighted by Crippen LogP contribution is 2.35. The lowest BCUT2D eigenvalue weighted by Crippen LogP contribution is -2.35. The van der Waals surface area contributed by atoms with Crippen LogP contribution in [0.25, 0.3) is 5.69 Å². The van der Waals surface area contributed by atoms with E-state index in [2.05, 4.69) is 33.0 Å². The summed E-state index contributed by atoms with van der Waals surface area (Å²) in [6, 6.07) is 29.0. The first kappa shape index (κ1) is 29.9. The number of benzene rings is 4. The van der Waals surface area contributed by atoms with Crippen LogP contribution in [0, 0.1) is 13.8 Å². The van der Waals surface area contributed by atoms with Crippen LogP contribution in [0.15, 0.2) is 108 Å². The first-order valence-electron chi connectivity index (χ1n) is 13.7. The van der Waals surface area contributed by atoms with Crippen LogP contribution in [0.3, 0.4) is 0 Å². The monoisotopic (exact) mass is 601 g/mol. The Labute approximate surface area is 252 Å². The smallest absolute Gasteiger partial charge is 0.327 e. The Hall–Kier alpha value is -4.57. The maximum Gasteiger partial charge on any atom is 0.418 e. The van der Waals surface area contributed by atoms with E-state index in [4.69, 9.17) is 0 Å². The molecule has 0 spiro atoms. The van der Waals surface area contributed by atoms with Gasteiger partial charge < -0.3 is 10.6 Å². The summed E-state index contributed by atoms with van der Waals surface area (Å²) in [6.45, 7) is 4.03. The average Bonchev–Trinajstić information content (AvgIpc) is 3.40. The molecular formula is C33H30F3N5OS. The van der Waals surface area contributed by atoms with Gasteiger partial charge in [-0.1, -0.05) is 102 Å². The summed E-state index contributed by atoms with van der Waals surface area (Å²) in [5, 5.41) is 14.9. The SMILES string of the molecule is Cc1ccc(-n2c(SCc3cccc(C)c3)nnc2C(Cc2ccccc2)NC(=O)Nc2ccccc2C(F)(F)F)cc1. The molecule has 2 N–H and O–H groups in total. The van der Waals surface area contributed by atoms with E-state index in [-0.39, 0.29) is 5.69 Å². The number of carbonyl (C=O) groups is 1. The first-order valence-corrected chi connectivity index (χ1v) is 14.6. The van der Waals surface area contributed by atoms with Crippen molar-refractivity contribution in [3.63, 3.8) is 0 Å². The summed E-state index contributed by atoms with van der Waals surface area (Å²) in [7, 11) is 0. The highest BCUT2D eigenvalue weighted by molar-refractivity contribution is 7.98. The third-order valence-corrected chi connectivity index (χ3v) is 7.78. The van der Waals surface area contributed by atoms with Crippen molar-refractivity contribution < 1.29 is 18.0 Å². The minimum absolute atomic E-state index is 0.333. The van der Waals surface area contributed by atoms with Crippen LogP contribution in [0.4, 0.5) is 23.7 Å². The van der Waals surface area contributed by atoms with Crippen LogP contribution in [0.5, 0.6) is 0 Å². The molecule has 4 aromatic carbocycles. The topological polar surface area (TPSA) is 71.8 Å². The molecule has 0 aliphatic heterocycles. The van der Waals surface area contributed by atoms with Crippen LogP contribution in [-0.2, 0) is 18.3 Å². The molecule has 6 nitrogen and oxygen atoms in total. The molecule has 0 bridgehead atoms. The second-order valence-corrected chi connectivity index (χ2v) is 11.1. The zero-order valence-corrected chi connectivity index (χ0v) is 24.4. The number of rotatable bonds is 9. The number of amides is 2. The molecule has 0 saturated carbocycles. The summed E-state index contributed by atoms with van der Waals surface area (Å²) in [6.07, 6.45) is -4.29. The summed E-state index contributed by atoms with van der Waals surface area (Å²) >= 11 is 1.51. The van der Waals surface area contributed by atoms with E-state index in [0.29, 0.717) is 23.2 Å². The highest BCUT2D eigenvalue weighted by Gasteiger charge is 2.34. The molecule has 220 valence electrons. The van der Waals surface area contributed by atoms with Crippen LogP contribution >= 0.6 is 11.8 Å². The third-order valence-electron chi connectivity index (χ3n) is 6.78. The largest absolute Gasteiger partial charge is 0.418 e. The quantitative estimate of drug-likeness (QED) is 0.167. The predicted octanol–water partition coefficient (Wildman–Crippen LogP) is 8.30. The lowest BCUT2D eigenvalue weighted by Gasteiger charge is -2.21. The molecule has 1 aromatic heterocycles. The van der Waals surface area contributed by atoms with Gasteiger partial charge in [-0.15, -0.1) is 10.2 Å². The lowest BCUT2D eigenvalue weighted by molar-refractivity contribution is -0.136. The van der Waals surface area contributed by atoms with Gasteiger partial charge in [-0.3, -0.25) is 4.57 Å².